The van der Waals surface area contributed by atoms with E-state index < -0.39 is 0 Å². The second kappa shape index (κ2) is 10.4. The summed E-state index contributed by atoms with van der Waals surface area (Å²) >= 11 is 6.67. The highest BCUT2D eigenvalue weighted by atomic mass is 35.5. The van der Waals surface area contributed by atoms with E-state index in [1.165, 1.54) is 0 Å². The van der Waals surface area contributed by atoms with Crippen molar-refractivity contribution in [2.75, 3.05) is 38.5 Å². The Bertz CT molecular complexity index is 1330. The SMILES string of the molecule is Cc1cc(C(=O)Nc2nc3cccc(Cl)c3n2C2CCCCN(C(=O)C3=CCCN(C)C3)C2)ccn1. The molecular formula is C27H31ClN6O2. The van der Waals surface area contributed by atoms with Gasteiger partial charge in [0.05, 0.1) is 22.1 Å². The summed E-state index contributed by atoms with van der Waals surface area (Å²) in [7, 11) is 2.05. The molecule has 1 fully saturated rings. The third-order valence-corrected chi connectivity index (χ3v) is 7.27. The van der Waals surface area contributed by atoms with Crippen LogP contribution >= 0.6 is 11.6 Å². The fourth-order valence-electron chi connectivity index (χ4n) is 5.18. The second-order valence-electron chi connectivity index (χ2n) is 9.71. The summed E-state index contributed by atoms with van der Waals surface area (Å²) in [6.45, 7) is 4.75. The summed E-state index contributed by atoms with van der Waals surface area (Å²) in [6, 6.07) is 8.95. The zero-order valence-electron chi connectivity index (χ0n) is 20.7. The minimum atomic E-state index is -0.259. The first-order valence-electron chi connectivity index (χ1n) is 12.5. The molecule has 9 heteroatoms. The van der Waals surface area contributed by atoms with Gasteiger partial charge in [0.1, 0.15) is 0 Å². The highest BCUT2D eigenvalue weighted by Gasteiger charge is 2.30. The number of nitrogens with one attached hydrogen (secondary N) is 1. The van der Waals surface area contributed by atoms with Crippen LogP contribution in [-0.4, -0.2) is 69.4 Å². The van der Waals surface area contributed by atoms with E-state index >= 15 is 0 Å². The molecule has 0 radical (unpaired) electrons. The average Bonchev–Trinajstić information content (AvgIpc) is 3.05. The summed E-state index contributed by atoms with van der Waals surface area (Å²) in [4.78, 5) is 39.7. The number of hydrogen-bond acceptors (Lipinski definition) is 5. The van der Waals surface area contributed by atoms with Gasteiger partial charge in [-0.3, -0.25) is 19.9 Å². The van der Waals surface area contributed by atoms with Gasteiger partial charge >= 0.3 is 0 Å². The molecule has 1 unspecified atom stereocenters. The lowest BCUT2D eigenvalue weighted by Crippen LogP contribution is -2.40. The van der Waals surface area contributed by atoms with Crippen molar-refractivity contribution in [1.29, 1.82) is 0 Å². The summed E-state index contributed by atoms with van der Waals surface area (Å²) in [6.07, 6.45) is 7.35. The molecule has 0 aliphatic carbocycles. The maximum absolute atomic E-state index is 13.5. The number of fused-ring (bicyclic) bond motifs is 1. The number of likely N-dealkylation sites (N-methyl/N-ethyl adjacent to an activating group) is 1. The molecular weight excluding hydrogens is 476 g/mol. The van der Waals surface area contributed by atoms with Crippen LogP contribution in [0.3, 0.4) is 0 Å². The number of para-hydroxylation sites is 1. The van der Waals surface area contributed by atoms with Crippen LogP contribution in [0.15, 0.2) is 48.2 Å². The van der Waals surface area contributed by atoms with E-state index in [0.717, 1.165) is 49.0 Å². The lowest BCUT2D eigenvalue weighted by atomic mass is 10.1. The molecule has 36 heavy (non-hydrogen) atoms. The van der Waals surface area contributed by atoms with Crippen molar-refractivity contribution >= 4 is 40.4 Å². The van der Waals surface area contributed by atoms with E-state index in [1.807, 2.05) is 41.6 Å². The maximum atomic E-state index is 13.5. The Kier molecular flexibility index (Phi) is 7.07. The van der Waals surface area contributed by atoms with Crippen molar-refractivity contribution in [2.24, 2.45) is 0 Å². The van der Waals surface area contributed by atoms with Gasteiger partial charge in [0.25, 0.3) is 11.8 Å². The molecule has 188 valence electrons. The molecule has 1 aromatic carbocycles. The zero-order valence-corrected chi connectivity index (χ0v) is 21.5. The van der Waals surface area contributed by atoms with Crippen molar-refractivity contribution in [3.63, 3.8) is 0 Å². The third kappa shape index (κ3) is 5.01. The minimum Gasteiger partial charge on any atom is -0.337 e. The number of pyridine rings is 1. The smallest absolute Gasteiger partial charge is 0.258 e. The molecule has 0 spiro atoms. The Labute approximate surface area is 215 Å². The zero-order chi connectivity index (χ0) is 25.2. The molecule has 2 aromatic heterocycles. The Morgan fingerprint density at radius 2 is 2.03 bits per heavy atom. The molecule has 0 bridgehead atoms. The molecule has 2 aliphatic heterocycles. The van der Waals surface area contributed by atoms with Crippen LogP contribution in [0.2, 0.25) is 5.02 Å². The van der Waals surface area contributed by atoms with Gasteiger partial charge in [-0.25, -0.2) is 4.98 Å². The summed E-state index contributed by atoms with van der Waals surface area (Å²) in [5.41, 5.74) is 3.62. The van der Waals surface area contributed by atoms with Crippen molar-refractivity contribution in [3.05, 3.63) is 64.5 Å². The normalized spacial score (nSPS) is 19.1. The molecule has 1 N–H and O–H groups in total. The van der Waals surface area contributed by atoms with E-state index in [2.05, 4.69) is 21.3 Å². The van der Waals surface area contributed by atoms with Gasteiger partial charge < -0.3 is 14.4 Å². The van der Waals surface area contributed by atoms with Crippen LogP contribution < -0.4 is 5.32 Å². The number of carbonyl (C=O) groups excluding carboxylic acids is 2. The van der Waals surface area contributed by atoms with Crippen LogP contribution in [0.4, 0.5) is 5.95 Å². The van der Waals surface area contributed by atoms with E-state index in [0.29, 0.717) is 41.7 Å². The van der Waals surface area contributed by atoms with Crippen molar-refractivity contribution in [3.8, 4) is 0 Å². The first kappa shape index (κ1) is 24.5. The maximum Gasteiger partial charge on any atom is 0.258 e. The molecule has 2 amide bonds. The standard InChI is InChI=1S/C27H31ClN6O2/c1-18-15-19(11-12-29-18)25(35)31-27-30-23-10-5-9-22(28)24(23)34(27)21-8-3-4-14-33(17-21)26(36)20-7-6-13-32(2)16-20/h5,7,9-12,15,21H,3-4,6,8,13-14,16-17H2,1-2H3,(H,30,31,35). The highest BCUT2D eigenvalue weighted by molar-refractivity contribution is 6.35. The molecule has 3 aromatic rings. The molecule has 1 saturated heterocycles. The average molecular weight is 507 g/mol. The van der Waals surface area contributed by atoms with Gasteiger partial charge in [-0.15, -0.1) is 0 Å². The van der Waals surface area contributed by atoms with Gasteiger partial charge in [-0.2, -0.15) is 0 Å². The van der Waals surface area contributed by atoms with Gasteiger partial charge in [0.2, 0.25) is 5.95 Å². The molecule has 2 aliphatic rings. The van der Waals surface area contributed by atoms with E-state index in [-0.39, 0.29) is 17.9 Å². The lowest BCUT2D eigenvalue weighted by Gasteiger charge is -2.30. The monoisotopic (exact) mass is 506 g/mol. The molecule has 4 heterocycles. The first-order chi connectivity index (χ1) is 17.4. The first-order valence-corrected chi connectivity index (χ1v) is 12.9. The number of imidazole rings is 1. The molecule has 1 atom stereocenters. The number of likely N-dealkylation sites (tertiary alicyclic amines) is 1. The van der Waals surface area contributed by atoms with E-state index in [1.54, 1.807) is 18.3 Å². The molecule has 5 rings (SSSR count). The van der Waals surface area contributed by atoms with Crippen LogP contribution in [0.25, 0.3) is 11.0 Å². The van der Waals surface area contributed by atoms with Crippen LogP contribution in [0.5, 0.6) is 0 Å². The number of amides is 2. The summed E-state index contributed by atoms with van der Waals surface area (Å²) < 4.78 is 2.02. The summed E-state index contributed by atoms with van der Waals surface area (Å²) in [5.74, 6) is 0.278. The predicted molar refractivity (Wildman–Crippen MR) is 141 cm³/mol. The number of anilines is 1. The predicted octanol–water partition coefficient (Wildman–Crippen LogP) is 4.46. The number of aromatic nitrogens is 3. The minimum absolute atomic E-state index is 0.0715. The summed E-state index contributed by atoms with van der Waals surface area (Å²) in [5, 5.41) is 3.58. The number of carbonyl (C=O) groups is 2. The fourth-order valence-corrected chi connectivity index (χ4v) is 5.44. The van der Waals surface area contributed by atoms with Gasteiger partial charge in [0, 0.05) is 49.2 Å². The van der Waals surface area contributed by atoms with E-state index in [9.17, 15) is 9.59 Å². The number of aryl methyl sites for hydroxylation is 1. The van der Waals surface area contributed by atoms with Crippen LogP contribution in [0.1, 0.15) is 47.8 Å². The van der Waals surface area contributed by atoms with Crippen LogP contribution in [-0.2, 0) is 4.79 Å². The number of hydrogen-bond donors (Lipinski definition) is 1. The van der Waals surface area contributed by atoms with Gasteiger partial charge in [-0.05, 0) is 63.9 Å². The Balaban J connectivity index is 1.49. The van der Waals surface area contributed by atoms with Gasteiger partial charge in [-0.1, -0.05) is 23.7 Å². The second-order valence-corrected chi connectivity index (χ2v) is 10.1. The fraction of sp³-hybridized carbons (Fsp3) is 0.407. The van der Waals surface area contributed by atoms with Gasteiger partial charge in [0.15, 0.2) is 0 Å². The molecule has 8 nitrogen and oxygen atoms in total. The Morgan fingerprint density at radius 1 is 1.17 bits per heavy atom. The molecule has 0 saturated carbocycles. The van der Waals surface area contributed by atoms with Crippen molar-refractivity contribution < 1.29 is 9.59 Å². The van der Waals surface area contributed by atoms with Crippen molar-refractivity contribution in [2.45, 2.75) is 38.6 Å². The number of rotatable bonds is 4. The highest BCUT2D eigenvalue weighted by Crippen LogP contribution is 2.34. The largest absolute Gasteiger partial charge is 0.337 e. The topological polar surface area (TPSA) is 83.4 Å². The Morgan fingerprint density at radius 3 is 2.83 bits per heavy atom. The van der Waals surface area contributed by atoms with Crippen LogP contribution in [0, 0.1) is 6.92 Å². The number of nitrogens with zero attached hydrogens (tertiary/aromatic N) is 5. The lowest BCUT2D eigenvalue weighted by molar-refractivity contribution is -0.127. The van der Waals surface area contributed by atoms with E-state index in [4.69, 9.17) is 16.6 Å². The van der Waals surface area contributed by atoms with Crippen molar-refractivity contribution in [1.82, 2.24) is 24.3 Å². The number of benzene rings is 1. The Hall–Kier alpha value is -3.23. The quantitative estimate of drug-likeness (QED) is 0.564. The third-order valence-electron chi connectivity index (χ3n) is 6.96. The number of halogens is 1.